The van der Waals surface area contributed by atoms with Crippen LogP contribution in [0, 0.1) is 20.8 Å². The van der Waals surface area contributed by atoms with Crippen molar-refractivity contribution in [1.29, 1.82) is 0 Å². The summed E-state index contributed by atoms with van der Waals surface area (Å²) in [5.74, 6) is 0.415. The van der Waals surface area contributed by atoms with Crippen LogP contribution in [-0.4, -0.2) is 5.11 Å². The summed E-state index contributed by atoms with van der Waals surface area (Å²) in [5, 5.41) is 9.75. The number of hydrogen-bond donors (Lipinski definition) is 1. The molecule has 0 saturated heterocycles. The molecule has 0 aliphatic heterocycles. The summed E-state index contributed by atoms with van der Waals surface area (Å²) in [6, 6.07) is 12.6. The number of benzene rings is 2. The molecular weight excluding hydrogens is 208 g/mol. The Bertz CT molecular complexity index is 518. The molecule has 0 heterocycles. The molecule has 0 amide bonds. The lowest BCUT2D eigenvalue weighted by molar-refractivity contribution is 0.466. The molecule has 0 fully saturated rings. The van der Waals surface area contributed by atoms with Crippen LogP contribution in [0.4, 0.5) is 0 Å². The van der Waals surface area contributed by atoms with Crippen LogP contribution in [0.1, 0.15) is 27.8 Å². The zero-order valence-electron chi connectivity index (χ0n) is 10.6. The molecule has 1 N–H and O–H groups in total. The third kappa shape index (κ3) is 2.50. The van der Waals surface area contributed by atoms with E-state index in [1.165, 1.54) is 16.7 Å². The summed E-state index contributed by atoms with van der Waals surface area (Å²) in [6.07, 6.45) is 0.925. The summed E-state index contributed by atoms with van der Waals surface area (Å²) < 4.78 is 0. The predicted octanol–water partition coefficient (Wildman–Crippen LogP) is 3.91. The van der Waals surface area contributed by atoms with Crippen LogP contribution in [0.3, 0.4) is 0 Å². The largest absolute Gasteiger partial charge is 0.507 e. The minimum atomic E-state index is 0.415. The molecule has 0 spiro atoms. The van der Waals surface area contributed by atoms with Gasteiger partial charge >= 0.3 is 0 Å². The Balaban J connectivity index is 2.34. The first-order valence-electron chi connectivity index (χ1n) is 5.91. The molecule has 2 aromatic rings. The summed E-state index contributed by atoms with van der Waals surface area (Å²) in [7, 11) is 0. The molecule has 0 unspecified atom stereocenters. The van der Waals surface area contributed by atoms with Gasteiger partial charge in [-0.3, -0.25) is 0 Å². The predicted molar refractivity (Wildman–Crippen MR) is 71.6 cm³/mol. The molecule has 0 atom stereocenters. The van der Waals surface area contributed by atoms with Crippen molar-refractivity contribution in [3.05, 3.63) is 64.2 Å². The maximum atomic E-state index is 9.75. The molecule has 2 aromatic carbocycles. The van der Waals surface area contributed by atoms with Crippen molar-refractivity contribution in [2.24, 2.45) is 0 Å². The van der Waals surface area contributed by atoms with E-state index < -0.39 is 0 Å². The van der Waals surface area contributed by atoms with E-state index in [-0.39, 0.29) is 0 Å². The number of hydrogen-bond acceptors (Lipinski definition) is 1. The standard InChI is InChI=1S/C16H18O/c1-11-6-4-5-7-15(11)10-14-8-12(2)16(17)13(3)9-14/h4-9,17H,10H2,1-3H3. The van der Waals surface area contributed by atoms with E-state index in [1.54, 1.807) is 0 Å². The monoisotopic (exact) mass is 226 g/mol. The Morgan fingerprint density at radius 1 is 0.882 bits per heavy atom. The highest BCUT2D eigenvalue weighted by Crippen LogP contribution is 2.24. The number of aromatic hydroxyl groups is 1. The lowest BCUT2D eigenvalue weighted by Gasteiger charge is -2.09. The number of phenols is 1. The lowest BCUT2D eigenvalue weighted by atomic mass is 9.97. The molecule has 2 rings (SSSR count). The first-order chi connectivity index (χ1) is 8.08. The Labute approximate surface area is 103 Å². The van der Waals surface area contributed by atoms with Crippen molar-refractivity contribution in [2.75, 3.05) is 0 Å². The fraction of sp³-hybridized carbons (Fsp3) is 0.250. The van der Waals surface area contributed by atoms with E-state index in [1.807, 2.05) is 13.8 Å². The summed E-state index contributed by atoms with van der Waals surface area (Å²) in [4.78, 5) is 0. The van der Waals surface area contributed by atoms with E-state index >= 15 is 0 Å². The van der Waals surface area contributed by atoms with Crippen molar-refractivity contribution >= 4 is 0 Å². The smallest absolute Gasteiger partial charge is 0.121 e. The normalized spacial score (nSPS) is 10.5. The van der Waals surface area contributed by atoms with E-state index in [0.717, 1.165) is 17.5 Å². The lowest BCUT2D eigenvalue weighted by Crippen LogP contribution is -1.93. The van der Waals surface area contributed by atoms with Crippen LogP contribution < -0.4 is 0 Å². The van der Waals surface area contributed by atoms with Gasteiger partial charge in [-0.25, -0.2) is 0 Å². The molecule has 0 radical (unpaired) electrons. The number of phenolic OH excluding ortho intramolecular Hbond substituents is 1. The highest BCUT2D eigenvalue weighted by atomic mass is 16.3. The molecule has 17 heavy (non-hydrogen) atoms. The number of aryl methyl sites for hydroxylation is 3. The second-order valence-corrected chi connectivity index (χ2v) is 4.68. The highest BCUT2D eigenvalue weighted by molar-refractivity contribution is 5.44. The van der Waals surface area contributed by atoms with Gasteiger partial charge in [-0.2, -0.15) is 0 Å². The van der Waals surface area contributed by atoms with Gasteiger partial charge in [0.05, 0.1) is 0 Å². The zero-order valence-corrected chi connectivity index (χ0v) is 10.6. The number of rotatable bonds is 2. The third-order valence-electron chi connectivity index (χ3n) is 3.21. The fourth-order valence-corrected chi connectivity index (χ4v) is 2.18. The van der Waals surface area contributed by atoms with Gasteiger partial charge in [0.15, 0.2) is 0 Å². The Morgan fingerprint density at radius 3 is 2.06 bits per heavy atom. The van der Waals surface area contributed by atoms with E-state index in [9.17, 15) is 5.11 Å². The molecule has 0 aliphatic rings. The van der Waals surface area contributed by atoms with Crippen molar-refractivity contribution in [1.82, 2.24) is 0 Å². The maximum Gasteiger partial charge on any atom is 0.121 e. The van der Waals surface area contributed by atoms with Crippen LogP contribution in [0.15, 0.2) is 36.4 Å². The Morgan fingerprint density at radius 2 is 1.47 bits per heavy atom. The van der Waals surface area contributed by atoms with Crippen LogP contribution in [0.2, 0.25) is 0 Å². The zero-order chi connectivity index (χ0) is 12.4. The molecule has 0 aromatic heterocycles. The minimum absolute atomic E-state index is 0.415. The van der Waals surface area contributed by atoms with Crippen LogP contribution in [-0.2, 0) is 6.42 Å². The van der Waals surface area contributed by atoms with Crippen LogP contribution >= 0.6 is 0 Å². The Kier molecular flexibility index (Phi) is 3.19. The average Bonchev–Trinajstić information content (AvgIpc) is 2.29. The van der Waals surface area contributed by atoms with Gasteiger partial charge in [0, 0.05) is 0 Å². The molecule has 0 saturated carbocycles. The summed E-state index contributed by atoms with van der Waals surface area (Å²) >= 11 is 0. The molecule has 1 nitrogen and oxygen atoms in total. The van der Waals surface area contributed by atoms with Gasteiger partial charge in [-0.1, -0.05) is 36.4 Å². The van der Waals surface area contributed by atoms with Gasteiger partial charge in [0.25, 0.3) is 0 Å². The van der Waals surface area contributed by atoms with Crippen molar-refractivity contribution in [2.45, 2.75) is 27.2 Å². The Hall–Kier alpha value is -1.76. The van der Waals surface area contributed by atoms with Crippen molar-refractivity contribution < 1.29 is 5.11 Å². The topological polar surface area (TPSA) is 20.2 Å². The summed E-state index contributed by atoms with van der Waals surface area (Å²) in [6.45, 7) is 6.03. The molecule has 88 valence electrons. The second kappa shape index (κ2) is 4.62. The van der Waals surface area contributed by atoms with Gasteiger partial charge in [0.2, 0.25) is 0 Å². The fourth-order valence-electron chi connectivity index (χ4n) is 2.18. The molecule has 1 heteroatoms. The summed E-state index contributed by atoms with van der Waals surface area (Å²) in [5.41, 5.74) is 5.82. The third-order valence-corrected chi connectivity index (χ3v) is 3.21. The van der Waals surface area contributed by atoms with Crippen molar-refractivity contribution in [3.63, 3.8) is 0 Å². The van der Waals surface area contributed by atoms with Gasteiger partial charge in [-0.15, -0.1) is 0 Å². The van der Waals surface area contributed by atoms with Gasteiger partial charge in [-0.05, 0) is 55.0 Å². The molecule has 0 aliphatic carbocycles. The first kappa shape index (κ1) is 11.7. The SMILES string of the molecule is Cc1ccccc1Cc1cc(C)c(O)c(C)c1. The van der Waals surface area contributed by atoms with Crippen molar-refractivity contribution in [3.8, 4) is 5.75 Å². The minimum Gasteiger partial charge on any atom is -0.507 e. The van der Waals surface area contributed by atoms with Crippen LogP contribution in [0.25, 0.3) is 0 Å². The second-order valence-electron chi connectivity index (χ2n) is 4.68. The van der Waals surface area contributed by atoms with E-state index in [0.29, 0.717) is 5.75 Å². The van der Waals surface area contributed by atoms with Crippen LogP contribution in [0.5, 0.6) is 5.75 Å². The van der Waals surface area contributed by atoms with E-state index in [4.69, 9.17) is 0 Å². The van der Waals surface area contributed by atoms with E-state index in [2.05, 4.69) is 43.3 Å². The molecule has 0 bridgehead atoms. The highest BCUT2D eigenvalue weighted by Gasteiger charge is 2.05. The van der Waals surface area contributed by atoms with Gasteiger partial charge in [0.1, 0.15) is 5.75 Å². The maximum absolute atomic E-state index is 9.75. The quantitative estimate of drug-likeness (QED) is 0.823. The average molecular weight is 226 g/mol. The first-order valence-corrected chi connectivity index (χ1v) is 5.91. The van der Waals surface area contributed by atoms with Gasteiger partial charge < -0.3 is 5.11 Å². The molecular formula is C16H18O.